The Balaban J connectivity index is 2.46. The predicted molar refractivity (Wildman–Crippen MR) is 70.5 cm³/mol. The minimum Gasteiger partial charge on any atom is -0.339 e. The van der Waals surface area contributed by atoms with E-state index in [1.165, 1.54) is 0 Å². The summed E-state index contributed by atoms with van der Waals surface area (Å²) in [6.07, 6.45) is 1.92. The molecule has 1 heterocycles. The van der Waals surface area contributed by atoms with Crippen molar-refractivity contribution in [2.75, 3.05) is 18.8 Å². The Hall–Kier alpha value is -0.220. The van der Waals surface area contributed by atoms with Crippen molar-refractivity contribution in [1.82, 2.24) is 4.90 Å². The van der Waals surface area contributed by atoms with E-state index in [0.717, 1.165) is 31.7 Å². The normalized spacial score (nSPS) is 23.6. The Labute approximate surface area is 103 Å². The first-order chi connectivity index (χ1) is 7.54. The van der Waals surface area contributed by atoms with E-state index in [0.29, 0.717) is 11.2 Å². The number of nitrogens with two attached hydrogens (primary N) is 1. The van der Waals surface area contributed by atoms with Crippen molar-refractivity contribution in [3.05, 3.63) is 0 Å². The van der Waals surface area contributed by atoms with Gasteiger partial charge in [-0.2, -0.15) is 11.8 Å². The lowest BCUT2D eigenvalue weighted by Gasteiger charge is -2.33. The summed E-state index contributed by atoms with van der Waals surface area (Å²) in [5.74, 6) is 1.69. The molecule has 0 bridgehead atoms. The first-order valence-electron chi connectivity index (χ1n) is 6.20. The van der Waals surface area contributed by atoms with E-state index in [2.05, 4.69) is 20.8 Å². The van der Waals surface area contributed by atoms with Gasteiger partial charge in [0.15, 0.2) is 0 Å². The summed E-state index contributed by atoms with van der Waals surface area (Å²) in [6, 6.07) is -0.305. The highest BCUT2D eigenvalue weighted by Crippen LogP contribution is 2.21. The number of thioether (sulfide) groups is 1. The average molecular weight is 244 g/mol. The Kier molecular flexibility index (Phi) is 5.62. The third-order valence-corrected chi connectivity index (χ3v) is 4.32. The summed E-state index contributed by atoms with van der Waals surface area (Å²) < 4.78 is 0. The Bertz CT molecular complexity index is 233. The summed E-state index contributed by atoms with van der Waals surface area (Å²) in [5, 5.41) is 0.601. The van der Waals surface area contributed by atoms with E-state index >= 15 is 0 Å². The van der Waals surface area contributed by atoms with Crippen LogP contribution in [0.25, 0.3) is 0 Å². The molecule has 1 amide bonds. The van der Waals surface area contributed by atoms with Gasteiger partial charge in [-0.05, 0) is 18.8 Å². The zero-order valence-corrected chi connectivity index (χ0v) is 11.4. The fraction of sp³-hybridized carbons (Fsp3) is 0.917. The number of hydrogen-bond donors (Lipinski definition) is 1. The van der Waals surface area contributed by atoms with E-state index in [1.807, 2.05) is 16.7 Å². The highest BCUT2D eigenvalue weighted by molar-refractivity contribution is 8.00. The molecular formula is C12H24N2OS. The van der Waals surface area contributed by atoms with Crippen LogP contribution in [0.3, 0.4) is 0 Å². The molecule has 2 atom stereocenters. The average Bonchev–Trinajstić information content (AvgIpc) is 2.27. The van der Waals surface area contributed by atoms with Crippen molar-refractivity contribution in [2.45, 2.75) is 44.9 Å². The van der Waals surface area contributed by atoms with E-state index in [4.69, 9.17) is 5.73 Å². The Morgan fingerprint density at radius 3 is 2.81 bits per heavy atom. The van der Waals surface area contributed by atoms with Crippen LogP contribution in [-0.4, -0.2) is 40.9 Å². The lowest BCUT2D eigenvalue weighted by atomic mass is 10.0. The lowest BCUT2D eigenvalue weighted by Crippen LogP contribution is -2.49. The van der Waals surface area contributed by atoms with Crippen molar-refractivity contribution >= 4 is 17.7 Å². The van der Waals surface area contributed by atoms with Gasteiger partial charge >= 0.3 is 0 Å². The summed E-state index contributed by atoms with van der Waals surface area (Å²) in [5.41, 5.74) is 5.94. The van der Waals surface area contributed by atoms with Gasteiger partial charge in [0.2, 0.25) is 5.91 Å². The third kappa shape index (κ3) is 3.98. The highest BCUT2D eigenvalue weighted by Gasteiger charge is 2.26. The van der Waals surface area contributed by atoms with Gasteiger partial charge in [-0.25, -0.2) is 0 Å². The lowest BCUT2D eigenvalue weighted by molar-refractivity contribution is -0.132. The molecule has 0 aliphatic carbocycles. The van der Waals surface area contributed by atoms with E-state index in [1.54, 1.807) is 0 Å². The molecule has 1 aliphatic rings. The van der Waals surface area contributed by atoms with Crippen LogP contribution in [0.4, 0.5) is 0 Å². The SMILES string of the molecule is CCC1CN(C(=O)[C@H](N)CC(C)C)CCS1. The molecule has 3 nitrogen and oxygen atoms in total. The quantitative estimate of drug-likeness (QED) is 0.819. The molecule has 0 aromatic rings. The number of carbonyl (C=O) groups is 1. The number of hydrogen-bond acceptors (Lipinski definition) is 3. The predicted octanol–water partition coefficient (Wildman–Crippen LogP) is 1.71. The minimum absolute atomic E-state index is 0.146. The standard InChI is InChI=1S/C12H24N2OS/c1-4-10-8-14(5-6-16-10)12(15)11(13)7-9(2)3/h9-11H,4-8,13H2,1-3H3/t10?,11-/m1/s1. The molecule has 1 rings (SSSR count). The van der Waals surface area contributed by atoms with Gasteiger partial charge in [-0.15, -0.1) is 0 Å². The molecule has 0 saturated carbocycles. The second kappa shape index (κ2) is 6.50. The number of rotatable bonds is 4. The van der Waals surface area contributed by atoms with Crippen molar-refractivity contribution < 1.29 is 4.79 Å². The van der Waals surface area contributed by atoms with Crippen LogP contribution < -0.4 is 5.73 Å². The van der Waals surface area contributed by atoms with E-state index < -0.39 is 0 Å². The fourth-order valence-corrected chi connectivity index (χ4v) is 3.19. The van der Waals surface area contributed by atoms with Crippen LogP contribution in [-0.2, 0) is 4.79 Å². The Morgan fingerprint density at radius 1 is 1.56 bits per heavy atom. The van der Waals surface area contributed by atoms with Gasteiger partial charge in [0.1, 0.15) is 0 Å². The minimum atomic E-state index is -0.305. The molecular weight excluding hydrogens is 220 g/mol. The molecule has 2 N–H and O–H groups in total. The third-order valence-electron chi connectivity index (χ3n) is 2.95. The highest BCUT2D eigenvalue weighted by atomic mass is 32.2. The topological polar surface area (TPSA) is 46.3 Å². The Morgan fingerprint density at radius 2 is 2.25 bits per heavy atom. The van der Waals surface area contributed by atoms with Crippen LogP contribution in [0.15, 0.2) is 0 Å². The van der Waals surface area contributed by atoms with Crippen LogP contribution in [0.2, 0.25) is 0 Å². The van der Waals surface area contributed by atoms with Gasteiger partial charge in [-0.1, -0.05) is 20.8 Å². The molecule has 0 aromatic heterocycles. The molecule has 94 valence electrons. The molecule has 4 heteroatoms. The van der Waals surface area contributed by atoms with Gasteiger partial charge in [0, 0.05) is 24.1 Å². The first kappa shape index (κ1) is 13.8. The van der Waals surface area contributed by atoms with Gasteiger partial charge in [0.25, 0.3) is 0 Å². The maximum atomic E-state index is 12.1. The fourth-order valence-electron chi connectivity index (χ4n) is 2.01. The molecule has 1 unspecified atom stereocenters. The molecule has 0 radical (unpaired) electrons. The van der Waals surface area contributed by atoms with Gasteiger partial charge < -0.3 is 10.6 Å². The first-order valence-corrected chi connectivity index (χ1v) is 7.25. The molecule has 0 spiro atoms. The summed E-state index contributed by atoms with van der Waals surface area (Å²) >= 11 is 1.98. The van der Waals surface area contributed by atoms with Crippen LogP contribution in [0, 0.1) is 5.92 Å². The monoisotopic (exact) mass is 244 g/mol. The maximum absolute atomic E-state index is 12.1. The molecule has 16 heavy (non-hydrogen) atoms. The summed E-state index contributed by atoms with van der Waals surface area (Å²) in [4.78, 5) is 14.0. The zero-order chi connectivity index (χ0) is 12.1. The number of carbonyl (C=O) groups excluding carboxylic acids is 1. The molecule has 0 aromatic carbocycles. The number of nitrogens with zero attached hydrogens (tertiary/aromatic N) is 1. The smallest absolute Gasteiger partial charge is 0.239 e. The van der Waals surface area contributed by atoms with Gasteiger partial charge in [-0.3, -0.25) is 4.79 Å². The molecule has 1 aliphatic heterocycles. The zero-order valence-electron chi connectivity index (χ0n) is 10.6. The molecule has 1 fully saturated rings. The van der Waals surface area contributed by atoms with E-state index in [9.17, 15) is 4.79 Å². The summed E-state index contributed by atoms with van der Waals surface area (Å²) in [7, 11) is 0. The van der Waals surface area contributed by atoms with Crippen molar-refractivity contribution in [3.8, 4) is 0 Å². The largest absolute Gasteiger partial charge is 0.339 e. The number of amides is 1. The molecule has 1 saturated heterocycles. The van der Waals surface area contributed by atoms with Crippen LogP contribution >= 0.6 is 11.8 Å². The second-order valence-electron chi connectivity index (χ2n) is 4.92. The summed E-state index contributed by atoms with van der Waals surface area (Å²) in [6.45, 7) is 8.14. The van der Waals surface area contributed by atoms with Gasteiger partial charge in [0.05, 0.1) is 6.04 Å². The second-order valence-corrected chi connectivity index (χ2v) is 6.33. The van der Waals surface area contributed by atoms with E-state index in [-0.39, 0.29) is 11.9 Å². The maximum Gasteiger partial charge on any atom is 0.239 e. The van der Waals surface area contributed by atoms with Crippen molar-refractivity contribution in [2.24, 2.45) is 11.7 Å². The van der Waals surface area contributed by atoms with Crippen LogP contribution in [0.5, 0.6) is 0 Å². The van der Waals surface area contributed by atoms with Crippen molar-refractivity contribution in [1.29, 1.82) is 0 Å². The van der Waals surface area contributed by atoms with Crippen molar-refractivity contribution in [3.63, 3.8) is 0 Å². The van der Waals surface area contributed by atoms with Crippen LogP contribution in [0.1, 0.15) is 33.6 Å².